The molecule has 56 valence electrons. The largest absolute Gasteiger partial charge is 0.205 e. The molecule has 0 saturated carbocycles. The summed E-state index contributed by atoms with van der Waals surface area (Å²) in [6.45, 7) is 1.90. The Morgan fingerprint density at radius 3 is 3.00 bits per heavy atom. The number of aryl methyl sites for hydroxylation is 1. The molecule has 0 radical (unpaired) electrons. The second-order valence-corrected chi connectivity index (χ2v) is 3.50. The Bertz CT molecular complexity index is 389. The van der Waals surface area contributed by atoms with E-state index in [1.165, 1.54) is 11.3 Å². The standard InChI is InChI=1S/C9H7FS/c1-6-4-7-2-3-11-9(7)8(10)5-6/h2-5H,1H3. The van der Waals surface area contributed by atoms with Crippen molar-refractivity contribution in [1.29, 1.82) is 0 Å². The van der Waals surface area contributed by atoms with E-state index in [4.69, 9.17) is 0 Å². The van der Waals surface area contributed by atoms with Crippen molar-refractivity contribution in [3.63, 3.8) is 0 Å². The van der Waals surface area contributed by atoms with Crippen LogP contribution in [0.5, 0.6) is 0 Å². The van der Waals surface area contributed by atoms with Crippen LogP contribution in [0.4, 0.5) is 4.39 Å². The molecule has 0 nitrogen and oxygen atoms in total. The minimum absolute atomic E-state index is 0.102. The Labute approximate surface area is 68.3 Å². The highest BCUT2D eigenvalue weighted by molar-refractivity contribution is 7.17. The number of hydrogen-bond donors (Lipinski definition) is 0. The van der Waals surface area contributed by atoms with E-state index >= 15 is 0 Å². The monoisotopic (exact) mass is 166 g/mol. The van der Waals surface area contributed by atoms with E-state index in [0.717, 1.165) is 15.6 Å². The molecule has 11 heavy (non-hydrogen) atoms. The number of benzene rings is 1. The van der Waals surface area contributed by atoms with Crippen LogP contribution >= 0.6 is 11.3 Å². The van der Waals surface area contributed by atoms with E-state index in [0.29, 0.717) is 0 Å². The van der Waals surface area contributed by atoms with E-state index in [1.807, 2.05) is 24.4 Å². The van der Waals surface area contributed by atoms with Crippen LogP contribution in [0.15, 0.2) is 23.6 Å². The topological polar surface area (TPSA) is 0 Å². The van der Waals surface area contributed by atoms with Gasteiger partial charge in [-0.25, -0.2) is 4.39 Å². The van der Waals surface area contributed by atoms with Gasteiger partial charge >= 0.3 is 0 Å². The number of rotatable bonds is 0. The quantitative estimate of drug-likeness (QED) is 0.563. The van der Waals surface area contributed by atoms with Gasteiger partial charge in [0.05, 0.1) is 4.70 Å². The van der Waals surface area contributed by atoms with Crippen molar-refractivity contribution in [3.05, 3.63) is 35.0 Å². The van der Waals surface area contributed by atoms with Gasteiger partial charge in [-0.1, -0.05) is 6.07 Å². The number of halogens is 1. The van der Waals surface area contributed by atoms with Gasteiger partial charge in [0.2, 0.25) is 0 Å². The number of fused-ring (bicyclic) bond motifs is 1. The highest BCUT2D eigenvalue weighted by Crippen LogP contribution is 2.24. The first-order chi connectivity index (χ1) is 5.27. The SMILES string of the molecule is Cc1cc(F)c2sccc2c1. The Kier molecular flexibility index (Phi) is 1.43. The molecule has 1 aromatic heterocycles. The first kappa shape index (κ1) is 6.80. The lowest BCUT2D eigenvalue weighted by molar-refractivity contribution is 0.640. The first-order valence-corrected chi connectivity index (χ1v) is 4.29. The van der Waals surface area contributed by atoms with E-state index in [1.54, 1.807) is 6.07 Å². The molecule has 0 aliphatic heterocycles. The van der Waals surface area contributed by atoms with Gasteiger partial charge in [-0.15, -0.1) is 11.3 Å². The summed E-state index contributed by atoms with van der Waals surface area (Å²) in [6.07, 6.45) is 0. The van der Waals surface area contributed by atoms with Gasteiger partial charge in [0.15, 0.2) is 0 Å². The van der Waals surface area contributed by atoms with Crippen molar-refractivity contribution in [2.45, 2.75) is 6.92 Å². The van der Waals surface area contributed by atoms with Crippen LogP contribution in [0.25, 0.3) is 10.1 Å². The maximum atomic E-state index is 13.1. The van der Waals surface area contributed by atoms with Crippen molar-refractivity contribution < 1.29 is 4.39 Å². The highest BCUT2D eigenvalue weighted by Gasteiger charge is 2.01. The van der Waals surface area contributed by atoms with Gasteiger partial charge in [0.25, 0.3) is 0 Å². The van der Waals surface area contributed by atoms with Gasteiger partial charge in [0, 0.05) is 0 Å². The van der Waals surface area contributed by atoms with E-state index in [9.17, 15) is 4.39 Å². The van der Waals surface area contributed by atoms with Crippen LogP contribution in [0.1, 0.15) is 5.56 Å². The highest BCUT2D eigenvalue weighted by atomic mass is 32.1. The van der Waals surface area contributed by atoms with Crippen LogP contribution in [-0.4, -0.2) is 0 Å². The third-order valence-electron chi connectivity index (χ3n) is 1.65. The van der Waals surface area contributed by atoms with Gasteiger partial charge in [0.1, 0.15) is 5.82 Å². The molecule has 0 atom stereocenters. The predicted molar refractivity (Wildman–Crippen MR) is 46.5 cm³/mol. The van der Waals surface area contributed by atoms with Crippen LogP contribution in [0.2, 0.25) is 0 Å². The lowest BCUT2D eigenvalue weighted by Gasteiger charge is -1.94. The Morgan fingerprint density at radius 1 is 1.36 bits per heavy atom. The Morgan fingerprint density at radius 2 is 2.18 bits per heavy atom. The van der Waals surface area contributed by atoms with Crippen molar-refractivity contribution in [3.8, 4) is 0 Å². The molecule has 0 aliphatic carbocycles. The van der Waals surface area contributed by atoms with Gasteiger partial charge < -0.3 is 0 Å². The molecule has 1 aromatic carbocycles. The van der Waals surface area contributed by atoms with Gasteiger partial charge in [-0.2, -0.15) is 0 Å². The minimum atomic E-state index is -0.102. The van der Waals surface area contributed by atoms with Crippen molar-refractivity contribution in [2.24, 2.45) is 0 Å². The molecule has 0 amide bonds. The maximum Gasteiger partial charge on any atom is 0.141 e. The summed E-state index contributed by atoms with van der Waals surface area (Å²) in [6, 6.07) is 5.50. The molecular weight excluding hydrogens is 159 g/mol. The maximum absolute atomic E-state index is 13.1. The fourth-order valence-electron chi connectivity index (χ4n) is 1.18. The fourth-order valence-corrected chi connectivity index (χ4v) is 1.96. The molecule has 0 unspecified atom stereocenters. The number of thiophene rings is 1. The second-order valence-electron chi connectivity index (χ2n) is 2.59. The average molecular weight is 166 g/mol. The lowest BCUT2D eigenvalue weighted by atomic mass is 10.2. The lowest BCUT2D eigenvalue weighted by Crippen LogP contribution is -1.76. The zero-order valence-corrected chi connectivity index (χ0v) is 6.91. The molecular formula is C9H7FS. The third kappa shape index (κ3) is 1.03. The third-order valence-corrected chi connectivity index (χ3v) is 2.59. The molecule has 0 aliphatic rings. The normalized spacial score (nSPS) is 10.7. The van der Waals surface area contributed by atoms with E-state index in [-0.39, 0.29) is 5.82 Å². The zero-order chi connectivity index (χ0) is 7.84. The summed E-state index contributed by atoms with van der Waals surface area (Å²) in [7, 11) is 0. The summed E-state index contributed by atoms with van der Waals surface area (Å²) in [4.78, 5) is 0. The average Bonchev–Trinajstić information content (AvgIpc) is 2.34. The van der Waals surface area contributed by atoms with Crippen molar-refractivity contribution in [2.75, 3.05) is 0 Å². The molecule has 0 bridgehead atoms. The zero-order valence-electron chi connectivity index (χ0n) is 6.10. The summed E-state index contributed by atoms with van der Waals surface area (Å²) >= 11 is 1.45. The van der Waals surface area contributed by atoms with Gasteiger partial charge in [-0.3, -0.25) is 0 Å². The van der Waals surface area contributed by atoms with Gasteiger partial charge in [-0.05, 0) is 35.4 Å². The molecule has 0 saturated heterocycles. The van der Waals surface area contributed by atoms with E-state index < -0.39 is 0 Å². The molecule has 2 rings (SSSR count). The molecule has 0 fully saturated rings. The second kappa shape index (κ2) is 2.31. The molecule has 0 N–H and O–H groups in total. The first-order valence-electron chi connectivity index (χ1n) is 3.41. The summed E-state index contributed by atoms with van der Waals surface area (Å²) in [5.74, 6) is -0.102. The van der Waals surface area contributed by atoms with Crippen LogP contribution in [-0.2, 0) is 0 Å². The molecule has 2 heteroatoms. The fraction of sp³-hybridized carbons (Fsp3) is 0.111. The Hall–Kier alpha value is -0.890. The summed E-state index contributed by atoms with van der Waals surface area (Å²) < 4.78 is 13.9. The van der Waals surface area contributed by atoms with Crippen LogP contribution < -0.4 is 0 Å². The molecule has 1 heterocycles. The Balaban J connectivity index is 2.91. The van der Waals surface area contributed by atoms with Crippen LogP contribution in [0, 0.1) is 12.7 Å². The molecule has 0 spiro atoms. The molecule has 2 aromatic rings. The van der Waals surface area contributed by atoms with E-state index in [2.05, 4.69) is 0 Å². The minimum Gasteiger partial charge on any atom is -0.205 e. The van der Waals surface area contributed by atoms with Crippen molar-refractivity contribution in [1.82, 2.24) is 0 Å². The number of hydrogen-bond acceptors (Lipinski definition) is 1. The van der Waals surface area contributed by atoms with Crippen LogP contribution in [0.3, 0.4) is 0 Å². The summed E-state index contributed by atoms with van der Waals surface area (Å²) in [5, 5.41) is 2.92. The summed E-state index contributed by atoms with van der Waals surface area (Å²) in [5.41, 5.74) is 0.980. The smallest absolute Gasteiger partial charge is 0.141 e. The van der Waals surface area contributed by atoms with Crippen molar-refractivity contribution >= 4 is 21.4 Å². The predicted octanol–water partition coefficient (Wildman–Crippen LogP) is 3.35.